The van der Waals surface area contributed by atoms with E-state index in [0.29, 0.717) is 12.1 Å². The fourth-order valence-electron chi connectivity index (χ4n) is 1.06. The van der Waals surface area contributed by atoms with E-state index in [1.807, 2.05) is 0 Å². The lowest BCUT2D eigenvalue weighted by Gasteiger charge is -1.99. The highest BCUT2D eigenvalue weighted by Crippen LogP contribution is 2.23. The number of hydrogen-bond acceptors (Lipinski definition) is 3. The Kier molecular flexibility index (Phi) is 3.74. The Morgan fingerprint density at radius 2 is 2.20 bits per heavy atom. The molecule has 15 heavy (non-hydrogen) atoms. The SMILES string of the molecule is CC(=O)NCC=Cc1ccc(O)cc1O. The number of benzene rings is 1. The molecule has 1 amide bonds. The summed E-state index contributed by atoms with van der Waals surface area (Å²) in [5.74, 6) is -0.0739. The average Bonchev–Trinajstić information content (AvgIpc) is 2.14. The molecule has 0 aliphatic rings. The van der Waals surface area contributed by atoms with Crippen LogP contribution in [0.3, 0.4) is 0 Å². The van der Waals surface area contributed by atoms with Gasteiger partial charge in [-0.2, -0.15) is 0 Å². The van der Waals surface area contributed by atoms with E-state index >= 15 is 0 Å². The summed E-state index contributed by atoms with van der Waals surface area (Å²) in [5.41, 5.74) is 0.596. The minimum atomic E-state index is -0.102. The Bertz CT molecular complexity index is 385. The number of carbonyl (C=O) groups is 1. The van der Waals surface area contributed by atoms with Gasteiger partial charge in [0, 0.05) is 25.1 Å². The van der Waals surface area contributed by atoms with Crippen molar-refractivity contribution < 1.29 is 15.0 Å². The number of amides is 1. The first-order chi connectivity index (χ1) is 7.09. The molecular formula is C11H13NO3. The van der Waals surface area contributed by atoms with Gasteiger partial charge in [-0.05, 0) is 12.1 Å². The second kappa shape index (κ2) is 5.05. The highest BCUT2D eigenvalue weighted by atomic mass is 16.3. The van der Waals surface area contributed by atoms with Crippen LogP contribution in [0.5, 0.6) is 11.5 Å². The van der Waals surface area contributed by atoms with Crippen molar-refractivity contribution in [3.8, 4) is 11.5 Å². The predicted octanol–water partition coefficient (Wildman–Crippen LogP) is 1.25. The number of nitrogens with one attached hydrogen (secondary N) is 1. The Morgan fingerprint density at radius 1 is 1.47 bits per heavy atom. The van der Waals surface area contributed by atoms with Gasteiger partial charge < -0.3 is 15.5 Å². The molecule has 0 unspecified atom stereocenters. The maximum atomic E-state index is 10.5. The maximum absolute atomic E-state index is 10.5. The third-order valence-electron chi connectivity index (χ3n) is 1.78. The third kappa shape index (κ3) is 3.72. The molecule has 0 aromatic heterocycles. The van der Waals surface area contributed by atoms with E-state index in [-0.39, 0.29) is 17.4 Å². The molecule has 1 aromatic carbocycles. The molecule has 1 aromatic rings. The molecule has 0 aliphatic carbocycles. The molecule has 0 atom stereocenters. The highest BCUT2D eigenvalue weighted by molar-refractivity contribution is 5.73. The van der Waals surface area contributed by atoms with Crippen molar-refractivity contribution in [3.63, 3.8) is 0 Å². The summed E-state index contributed by atoms with van der Waals surface area (Å²) in [6.45, 7) is 1.85. The quantitative estimate of drug-likeness (QED) is 0.698. The van der Waals surface area contributed by atoms with Crippen molar-refractivity contribution in [3.05, 3.63) is 29.8 Å². The molecule has 0 bridgehead atoms. The average molecular weight is 207 g/mol. The number of hydrogen-bond donors (Lipinski definition) is 3. The fourth-order valence-corrected chi connectivity index (χ4v) is 1.06. The van der Waals surface area contributed by atoms with E-state index in [2.05, 4.69) is 5.32 Å². The Morgan fingerprint density at radius 3 is 2.80 bits per heavy atom. The zero-order valence-electron chi connectivity index (χ0n) is 8.40. The lowest BCUT2D eigenvalue weighted by molar-refractivity contribution is -0.118. The minimum Gasteiger partial charge on any atom is -0.508 e. The summed E-state index contributed by atoms with van der Waals surface area (Å²) in [7, 11) is 0. The van der Waals surface area contributed by atoms with Gasteiger partial charge in [-0.3, -0.25) is 4.79 Å². The monoisotopic (exact) mass is 207 g/mol. The normalized spacial score (nSPS) is 10.5. The summed E-state index contributed by atoms with van der Waals surface area (Å²) < 4.78 is 0. The molecule has 3 N–H and O–H groups in total. The smallest absolute Gasteiger partial charge is 0.217 e. The first-order valence-electron chi connectivity index (χ1n) is 4.52. The molecule has 0 radical (unpaired) electrons. The van der Waals surface area contributed by atoms with Gasteiger partial charge in [0.15, 0.2) is 0 Å². The van der Waals surface area contributed by atoms with E-state index in [1.54, 1.807) is 18.2 Å². The summed E-state index contributed by atoms with van der Waals surface area (Å²) >= 11 is 0. The Labute approximate surface area is 87.9 Å². The van der Waals surface area contributed by atoms with E-state index in [4.69, 9.17) is 5.11 Å². The lowest BCUT2D eigenvalue weighted by atomic mass is 10.2. The first kappa shape index (κ1) is 11.1. The van der Waals surface area contributed by atoms with Crippen molar-refractivity contribution in [2.75, 3.05) is 6.54 Å². The molecular weight excluding hydrogens is 194 g/mol. The maximum Gasteiger partial charge on any atom is 0.217 e. The molecule has 4 nitrogen and oxygen atoms in total. The van der Waals surface area contributed by atoms with Crippen LogP contribution in [-0.4, -0.2) is 22.7 Å². The standard InChI is InChI=1S/C11H13NO3/c1-8(13)12-6-2-3-9-4-5-10(14)7-11(9)15/h2-5,7,14-15H,6H2,1H3,(H,12,13). The van der Waals surface area contributed by atoms with Crippen molar-refractivity contribution in [1.82, 2.24) is 5.32 Å². The zero-order valence-corrected chi connectivity index (χ0v) is 8.40. The van der Waals surface area contributed by atoms with Crippen LogP contribution in [0.15, 0.2) is 24.3 Å². The first-order valence-corrected chi connectivity index (χ1v) is 4.52. The fraction of sp³-hybridized carbons (Fsp3) is 0.182. The van der Waals surface area contributed by atoms with Crippen LogP contribution >= 0.6 is 0 Å². The van der Waals surface area contributed by atoms with Gasteiger partial charge >= 0.3 is 0 Å². The van der Waals surface area contributed by atoms with Crippen molar-refractivity contribution in [2.45, 2.75) is 6.92 Å². The summed E-state index contributed by atoms with van der Waals surface area (Å²) in [4.78, 5) is 10.5. The van der Waals surface area contributed by atoms with Crippen LogP contribution < -0.4 is 5.32 Å². The number of carbonyl (C=O) groups excluding carboxylic acids is 1. The molecule has 0 saturated heterocycles. The van der Waals surface area contributed by atoms with Crippen LogP contribution in [0.4, 0.5) is 0 Å². The van der Waals surface area contributed by atoms with E-state index in [0.717, 1.165) is 0 Å². The van der Waals surface area contributed by atoms with Crippen LogP contribution in [-0.2, 0) is 4.79 Å². The minimum absolute atomic E-state index is 0.00840. The number of aromatic hydroxyl groups is 2. The molecule has 0 fully saturated rings. The van der Waals surface area contributed by atoms with Gasteiger partial charge in [0.1, 0.15) is 11.5 Å². The van der Waals surface area contributed by atoms with Crippen LogP contribution in [0, 0.1) is 0 Å². The number of rotatable bonds is 3. The van der Waals surface area contributed by atoms with Crippen molar-refractivity contribution in [1.29, 1.82) is 0 Å². The predicted molar refractivity (Wildman–Crippen MR) is 57.5 cm³/mol. The number of phenols is 2. The van der Waals surface area contributed by atoms with Gasteiger partial charge in [0.25, 0.3) is 0 Å². The van der Waals surface area contributed by atoms with E-state index in [1.165, 1.54) is 19.1 Å². The van der Waals surface area contributed by atoms with Crippen molar-refractivity contribution in [2.24, 2.45) is 0 Å². The van der Waals surface area contributed by atoms with Gasteiger partial charge in [0.05, 0.1) is 0 Å². The van der Waals surface area contributed by atoms with Gasteiger partial charge in [0.2, 0.25) is 5.91 Å². The van der Waals surface area contributed by atoms with Gasteiger partial charge in [-0.1, -0.05) is 12.2 Å². The summed E-state index contributed by atoms with van der Waals surface area (Å²) in [6.07, 6.45) is 3.39. The lowest BCUT2D eigenvalue weighted by Crippen LogP contribution is -2.19. The van der Waals surface area contributed by atoms with Crippen LogP contribution in [0.2, 0.25) is 0 Å². The van der Waals surface area contributed by atoms with Crippen molar-refractivity contribution >= 4 is 12.0 Å². The number of phenolic OH excluding ortho intramolecular Hbond substituents is 2. The topological polar surface area (TPSA) is 69.6 Å². The van der Waals surface area contributed by atoms with Gasteiger partial charge in [-0.25, -0.2) is 0 Å². The molecule has 1 rings (SSSR count). The molecule has 4 heteroatoms. The van der Waals surface area contributed by atoms with E-state index < -0.39 is 0 Å². The van der Waals surface area contributed by atoms with Crippen LogP contribution in [0.25, 0.3) is 6.08 Å². The molecule has 0 spiro atoms. The highest BCUT2D eigenvalue weighted by Gasteiger charge is 1.97. The Balaban J connectivity index is 2.60. The summed E-state index contributed by atoms with van der Waals surface area (Å²) in [5, 5.41) is 21.0. The molecule has 0 heterocycles. The molecule has 0 aliphatic heterocycles. The molecule has 0 saturated carbocycles. The Hall–Kier alpha value is -1.97. The summed E-state index contributed by atoms with van der Waals surface area (Å²) in [6, 6.07) is 4.34. The second-order valence-electron chi connectivity index (χ2n) is 3.08. The largest absolute Gasteiger partial charge is 0.508 e. The van der Waals surface area contributed by atoms with Crippen LogP contribution in [0.1, 0.15) is 12.5 Å². The third-order valence-corrected chi connectivity index (χ3v) is 1.78. The second-order valence-corrected chi connectivity index (χ2v) is 3.08. The molecule has 80 valence electrons. The van der Waals surface area contributed by atoms with E-state index in [9.17, 15) is 9.90 Å². The zero-order chi connectivity index (χ0) is 11.3. The van der Waals surface area contributed by atoms with Gasteiger partial charge in [-0.15, -0.1) is 0 Å².